The van der Waals surface area contributed by atoms with Gasteiger partial charge < -0.3 is 34.7 Å². The van der Waals surface area contributed by atoms with Crippen molar-refractivity contribution >= 4 is 37.2 Å². The van der Waals surface area contributed by atoms with Gasteiger partial charge in [-0.25, -0.2) is 19.7 Å². The van der Waals surface area contributed by atoms with Crippen molar-refractivity contribution in [2.45, 2.75) is 88.4 Å². The van der Waals surface area contributed by atoms with Gasteiger partial charge in [0.25, 0.3) is 0 Å². The molecule has 6 atom stereocenters. The number of aliphatic hydroxyl groups is 2. The normalized spacial score (nSPS) is 26.9. The van der Waals surface area contributed by atoms with Gasteiger partial charge in [0.15, 0.2) is 11.4 Å². The minimum atomic E-state index is -4.29. The Labute approximate surface area is 267 Å². The van der Waals surface area contributed by atoms with Gasteiger partial charge in [0, 0.05) is 13.3 Å². The highest BCUT2D eigenvalue weighted by molar-refractivity contribution is 7.54. The molecule has 46 heavy (non-hydrogen) atoms. The number of nitrogens with two attached hydrogens (primary N) is 1. The summed E-state index contributed by atoms with van der Waals surface area (Å²) in [6.45, 7) is 2.84. The molecule has 0 aromatic carbocycles. The molecule has 17 heteroatoms. The average molecular weight is 666 g/mol. The lowest BCUT2D eigenvalue weighted by atomic mass is 9.86. The zero-order valence-corrected chi connectivity index (χ0v) is 27.2. The highest BCUT2D eigenvalue weighted by Crippen LogP contribution is 2.45. The first-order valence-electron chi connectivity index (χ1n) is 15.6. The van der Waals surface area contributed by atoms with E-state index in [4.69, 9.17) is 24.5 Å². The van der Waals surface area contributed by atoms with Gasteiger partial charge in [-0.15, -0.1) is 0 Å². The monoisotopic (exact) mass is 665 g/mol. The van der Waals surface area contributed by atoms with E-state index in [0.717, 1.165) is 38.5 Å². The number of nitrogens with zero attached hydrogens (tertiary/aromatic N) is 4. The summed E-state index contributed by atoms with van der Waals surface area (Å²) in [5, 5.41) is 31.9. The molecule has 1 saturated heterocycles. The fourth-order valence-corrected chi connectivity index (χ4v) is 7.46. The van der Waals surface area contributed by atoms with E-state index in [-0.39, 0.29) is 19.0 Å². The van der Waals surface area contributed by atoms with Gasteiger partial charge in [-0.05, 0) is 63.5 Å². The lowest BCUT2D eigenvalue weighted by molar-refractivity contribution is -0.147. The maximum absolute atomic E-state index is 14.3. The molecule has 2 saturated carbocycles. The molecule has 254 valence electrons. The summed E-state index contributed by atoms with van der Waals surface area (Å²) in [5.41, 5.74) is 4.99. The maximum atomic E-state index is 14.3. The summed E-state index contributed by atoms with van der Waals surface area (Å²) in [6.07, 6.45) is 4.37. The second-order valence-corrected chi connectivity index (χ2v) is 14.3. The van der Waals surface area contributed by atoms with Crippen molar-refractivity contribution in [2.24, 2.45) is 16.8 Å². The minimum Gasteiger partial charge on any atom is -0.464 e. The van der Waals surface area contributed by atoms with Crippen LogP contribution in [0.15, 0.2) is 23.5 Å². The van der Waals surface area contributed by atoms with Gasteiger partial charge in [0.05, 0.1) is 25.5 Å². The number of aliphatic imine (C=N–C) groups is 1. The topological polar surface area (TPSA) is 221 Å². The molecule has 0 spiro atoms. The predicted octanol–water partition coefficient (Wildman–Crippen LogP) is 1.31. The maximum Gasteiger partial charge on any atom is 0.342 e. The van der Waals surface area contributed by atoms with Crippen LogP contribution in [0.2, 0.25) is 0 Å². The second-order valence-electron chi connectivity index (χ2n) is 12.4. The van der Waals surface area contributed by atoms with Crippen molar-refractivity contribution in [2.75, 3.05) is 32.6 Å². The van der Waals surface area contributed by atoms with Crippen LogP contribution in [0.25, 0.3) is 5.52 Å². The first-order chi connectivity index (χ1) is 21.9. The van der Waals surface area contributed by atoms with E-state index in [9.17, 15) is 24.4 Å². The summed E-state index contributed by atoms with van der Waals surface area (Å²) in [7, 11) is -2.85. The molecule has 3 heterocycles. The standard InChI is InChI=1S/C29H44N7O9P/c1-17(27(39)42-12-19-6-4-7-19)34-46(41,35-18(2)28(40)43-13-20-8-5-9-20)44-15-29(14-31-3)25(38)23(37)24(45-29)21-10-11-22-26(30)32-16-33-36(21)22/h10-11,14,16-20,23-25,37-38H,4-9,12-13,15H2,1-3H3,(H2,30,32,33)(H2,34,35,41)/t17-,18-,23-,24-,25-,29+/m0/s1. The molecule has 0 radical (unpaired) electrons. The van der Waals surface area contributed by atoms with Crippen LogP contribution in [-0.4, -0.2) is 99.7 Å². The summed E-state index contributed by atoms with van der Waals surface area (Å²) in [5.74, 6) is -0.472. The summed E-state index contributed by atoms with van der Waals surface area (Å²) in [6, 6.07) is 1.08. The second kappa shape index (κ2) is 14.4. The van der Waals surface area contributed by atoms with Crippen LogP contribution < -0.4 is 15.9 Å². The molecule has 0 unspecified atom stereocenters. The van der Waals surface area contributed by atoms with Gasteiger partial charge in [-0.2, -0.15) is 5.10 Å². The molecule has 2 aliphatic carbocycles. The number of nitrogen functional groups attached to an aromatic ring is 1. The molecular formula is C29H44N7O9P. The molecule has 5 rings (SSSR count). The van der Waals surface area contributed by atoms with Crippen LogP contribution in [-0.2, 0) is 32.9 Å². The van der Waals surface area contributed by atoms with Gasteiger partial charge in [-0.3, -0.25) is 19.1 Å². The third-order valence-electron chi connectivity index (χ3n) is 8.91. The minimum absolute atomic E-state index is 0.206. The van der Waals surface area contributed by atoms with Crippen LogP contribution in [0.5, 0.6) is 0 Å². The molecule has 6 N–H and O–H groups in total. The van der Waals surface area contributed by atoms with Crippen LogP contribution in [0, 0.1) is 11.8 Å². The van der Waals surface area contributed by atoms with E-state index in [1.807, 2.05) is 0 Å². The van der Waals surface area contributed by atoms with Crippen LogP contribution in [0.1, 0.15) is 64.2 Å². The third kappa shape index (κ3) is 7.43. The smallest absolute Gasteiger partial charge is 0.342 e. The van der Waals surface area contributed by atoms with Gasteiger partial charge >= 0.3 is 19.6 Å². The van der Waals surface area contributed by atoms with E-state index in [2.05, 4.69) is 25.2 Å². The Morgan fingerprint density at radius 2 is 1.72 bits per heavy atom. The van der Waals surface area contributed by atoms with Crippen molar-refractivity contribution in [1.29, 1.82) is 0 Å². The van der Waals surface area contributed by atoms with E-state index in [1.54, 1.807) is 12.1 Å². The number of carbonyl (C=O) groups excluding carboxylic acids is 2. The first kappa shape index (κ1) is 34.4. The third-order valence-corrected chi connectivity index (χ3v) is 10.9. The predicted molar refractivity (Wildman–Crippen MR) is 166 cm³/mol. The van der Waals surface area contributed by atoms with E-state index < -0.39 is 62.2 Å². The first-order valence-corrected chi connectivity index (χ1v) is 17.3. The molecule has 3 aliphatic rings. The Morgan fingerprint density at radius 3 is 2.24 bits per heavy atom. The number of esters is 2. The summed E-state index contributed by atoms with van der Waals surface area (Å²) in [4.78, 5) is 33.6. The number of hydrogen-bond acceptors (Lipinski definition) is 13. The van der Waals surface area contributed by atoms with Crippen molar-refractivity contribution in [3.05, 3.63) is 24.2 Å². The zero-order chi connectivity index (χ0) is 33.1. The Bertz CT molecular complexity index is 1420. The van der Waals surface area contributed by atoms with Crippen LogP contribution in [0.4, 0.5) is 5.82 Å². The van der Waals surface area contributed by atoms with Crippen molar-refractivity contribution in [3.8, 4) is 0 Å². The molecule has 2 aromatic rings. The van der Waals surface area contributed by atoms with Crippen molar-refractivity contribution < 1.29 is 43.1 Å². The number of aromatic nitrogens is 3. The molecule has 2 aromatic heterocycles. The highest BCUT2D eigenvalue weighted by Gasteiger charge is 2.56. The molecule has 0 amide bonds. The fourth-order valence-electron chi connectivity index (χ4n) is 5.62. The Balaban J connectivity index is 1.33. The van der Waals surface area contributed by atoms with E-state index in [1.165, 1.54) is 38.0 Å². The lowest BCUT2D eigenvalue weighted by Gasteiger charge is -2.32. The largest absolute Gasteiger partial charge is 0.464 e. The number of aliphatic hydroxyl groups excluding tert-OH is 2. The van der Waals surface area contributed by atoms with Gasteiger partial charge in [0.1, 0.15) is 42.2 Å². The number of hydrogen-bond donors (Lipinski definition) is 5. The average Bonchev–Trinajstić information content (AvgIpc) is 3.50. The Hall–Kier alpha value is -2.98. The summed E-state index contributed by atoms with van der Waals surface area (Å²) < 4.78 is 38.7. The van der Waals surface area contributed by atoms with Crippen molar-refractivity contribution in [3.63, 3.8) is 0 Å². The van der Waals surface area contributed by atoms with Crippen LogP contribution >= 0.6 is 7.67 Å². The lowest BCUT2D eigenvalue weighted by Crippen LogP contribution is -2.50. The number of anilines is 1. The SMILES string of the molecule is CN=C[C@]1(COP(=O)(N[C@@H](C)C(=O)OCC2CCC2)N[C@@H](C)C(=O)OCC2CCC2)O[C@@H](c2ccc3c(N)ncnn23)[C@H](O)[C@@H]1O. The molecule has 0 bridgehead atoms. The fraction of sp³-hybridized carbons (Fsp3) is 0.690. The van der Waals surface area contributed by atoms with Gasteiger partial charge in [-0.1, -0.05) is 12.8 Å². The van der Waals surface area contributed by atoms with Gasteiger partial charge in [0.2, 0.25) is 0 Å². The zero-order valence-electron chi connectivity index (χ0n) is 26.3. The molecule has 16 nitrogen and oxygen atoms in total. The van der Waals surface area contributed by atoms with E-state index in [0.29, 0.717) is 23.0 Å². The van der Waals surface area contributed by atoms with E-state index >= 15 is 0 Å². The summed E-state index contributed by atoms with van der Waals surface area (Å²) >= 11 is 0. The molecular weight excluding hydrogens is 621 g/mol. The Kier molecular flexibility index (Phi) is 10.8. The number of carbonyl (C=O) groups is 2. The number of rotatable bonds is 15. The number of ether oxygens (including phenoxy) is 3. The molecule has 1 aliphatic heterocycles. The number of nitrogens with one attached hydrogen (secondary N) is 2. The quantitative estimate of drug-likeness (QED) is 0.103. The highest BCUT2D eigenvalue weighted by atomic mass is 31.2. The molecule has 3 fully saturated rings. The van der Waals surface area contributed by atoms with Crippen molar-refractivity contribution in [1.82, 2.24) is 24.8 Å². The Morgan fingerprint density at radius 1 is 1.13 bits per heavy atom. The number of fused-ring (bicyclic) bond motifs is 1. The van der Waals surface area contributed by atoms with Crippen LogP contribution in [0.3, 0.4) is 0 Å².